The van der Waals surface area contributed by atoms with Crippen LogP contribution in [-0.4, -0.2) is 22.9 Å². The van der Waals surface area contributed by atoms with Crippen LogP contribution in [0.25, 0.3) is 0 Å². The van der Waals surface area contributed by atoms with E-state index in [4.69, 9.17) is 10.5 Å². The second-order valence-corrected chi connectivity index (χ2v) is 3.81. The van der Waals surface area contributed by atoms with Gasteiger partial charge in [0.25, 0.3) is 0 Å². The van der Waals surface area contributed by atoms with E-state index in [-0.39, 0.29) is 17.0 Å². The molecule has 0 amide bonds. The van der Waals surface area contributed by atoms with E-state index in [0.29, 0.717) is 5.75 Å². The largest absolute Gasteiger partial charge is 0.465 e. The monoisotopic (exact) mass is 265 g/mol. The Hall–Kier alpha value is -2.57. The minimum atomic E-state index is -0.672. The fraction of sp³-hybridized carbons (Fsp3) is 0.167. The number of nitrogens with two attached hydrogens (primary N) is 1. The first-order chi connectivity index (χ1) is 9.01. The number of nitrogens with zero attached hydrogens (tertiary/aromatic N) is 2. The lowest BCUT2D eigenvalue weighted by Crippen LogP contribution is -2.06. The van der Waals surface area contributed by atoms with Gasteiger partial charge in [0.15, 0.2) is 17.3 Å². The maximum atomic E-state index is 13.7. The van der Waals surface area contributed by atoms with Crippen molar-refractivity contribution in [2.75, 3.05) is 12.8 Å². The number of methoxy groups -OCH3 is 1. The van der Waals surface area contributed by atoms with Crippen molar-refractivity contribution in [2.24, 2.45) is 7.05 Å². The maximum Gasteiger partial charge on any atom is 0.340 e. The summed E-state index contributed by atoms with van der Waals surface area (Å²) in [6, 6.07) is 2.21. The standard InChI is InChI=1S/C12H12FN3O3/c1-16-6-7(5-15-16)19-11-3-8(12(17)18-2)10(14)4-9(11)13/h3-6H,14H2,1-2H3. The molecule has 0 fully saturated rings. The molecule has 1 aromatic carbocycles. The number of hydrogen-bond donors (Lipinski definition) is 1. The number of hydrogen-bond acceptors (Lipinski definition) is 5. The minimum Gasteiger partial charge on any atom is -0.465 e. The number of ether oxygens (including phenoxy) is 2. The van der Waals surface area contributed by atoms with Gasteiger partial charge in [-0.2, -0.15) is 5.10 Å². The molecular weight excluding hydrogens is 253 g/mol. The molecule has 19 heavy (non-hydrogen) atoms. The van der Waals surface area contributed by atoms with Gasteiger partial charge in [-0.25, -0.2) is 9.18 Å². The highest BCUT2D eigenvalue weighted by Gasteiger charge is 2.16. The van der Waals surface area contributed by atoms with Gasteiger partial charge in [0.05, 0.1) is 25.1 Å². The highest BCUT2D eigenvalue weighted by Crippen LogP contribution is 2.28. The molecule has 7 heteroatoms. The summed E-state index contributed by atoms with van der Waals surface area (Å²) in [5.74, 6) is -1.10. The molecule has 100 valence electrons. The second kappa shape index (κ2) is 4.97. The predicted molar refractivity (Wildman–Crippen MR) is 65.4 cm³/mol. The molecule has 0 aliphatic carbocycles. The van der Waals surface area contributed by atoms with Gasteiger partial charge >= 0.3 is 5.97 Å². The van der Waals surface area contributed by atoms with E-state index < -0.39 is 11.8 Å². The lowest BCUT2D eigenvalue weighted by atomic mass is 10.1. The number of halogens is 1. The SMILES string of the molecule is COC(=O)c1cc(Oc2cnn(C)c2)c(F)cc1N. The van der Waals surface area contributed by atoms with Gasteiger partial charge in [-0.05, 0) is 0 Å². The molecule has 2 aromatic rings. The molecular formula is C12H12FN3O3. The van der Waals surface area contributed by atoms with Crippen LogP contribution in [0.3, 0.4) is 0 Å². The molecule has 0 spiro atoms. The highest BCUT2D eigenvalue weighted by molar-refractivity contribution is 5.95. The van der Waals surface area contributed by atoms with Crippen LogP contribution in [0.15, 0.2) is 24.5 Å². The first kappa shape index (κ1) is 12.9. The van der Waals surface area contributed by atoms with Gasteiger partial charge in [0, 0.05) is 24.9 Å². The van der Waals surface area contributed by atoms with Crippen molar-refractivity contribution in [1.29, 1.82) is 0 Å². The van der Waals surface area contributed by atoms with Crippen LogP contribution < -0.4 is 10.5 Å². The van der Waals surface area contributed by atoms with Crippen molar-refractivity contribution < 1.29 is 18.7 Å². The van der Waals surface area contributed by atoms with Gasteiger partial charge < -0.3 is 15.2 Å². The summed E-state index contributed by atoms with van der Waals surface area (Å²) in [6.45, 7) is 0. The number of carbonyl (C=O) groups is 1. The lowest BCUT2D eigenvalue weighted by molar-refractivity contribution is 0.0601. The number of benzene rings is 1. The van der Waals surface area contributed by atoms with Crippen molar-refractivity contribution in [3.8, 4) is 11.5 Å². The van der Waals surface area contributed by atoms with Crippen molar-refractivity contribution in [2.45, 2.75) is 0 Å². The molecule has 0 aliphatic rings. The van der Waals surface area contributed by atoms with Crippen molar-refractivity contribution in [3.05, 3.63) is 35.9 Å². The summed E-state index contributed by atoms with van der Waals surface area (Å²) >= 11 is 0. The molecule has 0 saturated carbocycles. The number of carbonyl (C=O) groups excluding carboxylic acids is 1. The molecule has 0 aliphatic heterocycles. The van der Waals surface area contributed by atoms with Crippen LogP contribution in [-0.2, 0) is 11.8 Å². The Balaban J connectivity index is 2.37. The Morgan fingerprint density at radius 3 is 2.79 bits per heavy atom. The molecule has 0 bridgehead atoms. The van der Waals surface area contributed by atoms with Crippen LogP contribution in [0.5, 0.6) is 11.5 Å². The summed E-state index contributed by atoms with van der Waals surface area (Å²) in [7, 11) is 2.92. The Bertz CT molecular complexity index is 625. The van der Waals surface area contributed by atoms with Gasteiger partial charge in [-0.1, -0.05) is 0 Å². The lowest BCUT2D eigenvalue weighted by Gasteiger charge is -2.08. The third kappa shape index (κ3) is 2.65. The van der Waals surface area contributed by atoms with Gasteiger partial charge in [0.2, 0.25) is 0 Å². The van der Waals surface area contributed by atoms with Crippen LogP contribution >= 0.6 is 0 Å². The first-order valence-electron chi connectivity index (χ1n) is 5.35. The third-order valence-electron chi connectivity index (χ3n) is 2.42. The van der Waals surface area contributed by atoms with E-state index in [1.165, 1.54) is 24.1 Å². The summed E-state index contributed by atoms with van der Waals surface area (Å²) in [5, 5.41) is 3.89. The number of aryl methyl sites for hydroxylation is 1. The number of anilines is 1. The normalized spacial score (nSPS) is 10.3. The summed E-state index contributed by atoms with van der Waals surface area (Å²) in [4.78, 5) is 11.5. The molecule has 2 rings (SSSR count). The molecule has 6 nitrogen and oxygen atoms in total. The molecule has 1 heterocycles. The molecule has 1 aromatic heterocycles. The first-order valence-corrected chi connectivity index (χ1v) is 5.35. The number of aromatic nitrogens is 2. The van der Waals surface area contributed by atoms with Crippen LogP contribution in [0.2, 0.25) is 0 Å². The van der Waals surface area contributed by atoms with Crippen molar-refractivity contribution in [1.82, 2.24) is 9.78 Å². The summed E-state index contributed by atoms with van der Waals surface area (Å²) < 4.78 is 25.1. The van der Waals surface area contributed by atoms with E-state index in [1.54, 1.807) is 13.2 Å². The highest BCUT2D eigenvalue weighted by atomic mass is 19.1. The fourth-order valence-corrected chi connectivity index (χ4v) is 1.51. The molecule has 0 unspecified atom stereocenters. The Morgan fingerprint density at radius 1 is 1.47 bits per heavy atom. The topological polar surface area (TPSA) is 79.4 Å². The molecule has 0 saturated heterocycles. The van der Waals surface area contributed by atoms with Crippen molar-refractivity contribution in [3.63, 3.8) is 0 Å². The molecule has 0 atom stereocenters. The molecule has 0 radical (unpaired) electrons. The zero-order valence-corrected chi connectivity index (χ0v) is 10.4. The number of nitrogen functional groups attached to an aromatic ring is 1. The fourth-order valence-electron chi connectivity index (χ4n) is 1.51. The average Bonchev–Trinajstić information content (AvgIpc) is 2.77. The smallest absolute Gasteiger partial charge is 0.340 e. The average molecular weight is 265 g/mol. The van der Waals surface area contributed by atoms with Gasteiger partial charge in [0.1, 0.15) is 0 Å². The zero-order valence-electron chi connectivity index (χ0n) is 10.4. The van der Waals surface area contributed by atoms with E-state index in [2.05, 4.69) is 9.84 Å². The van der Waals surface area contributed by atoms with Crippen LogP contribution in [0.1, 0.15) is 10.4 Å². The maximum absolute atomic E-state index is 13.7. The van der Waals surface area contributed by atoms with Crippen LogP contribution in [0, 0.1) is 5.82 Å². The van der Waals surface area contributed by atoms with E-state index in [0.717, 1.165) is 6.07 Å². The van der Waals surface area contributed by atoms with E-state index >= 15 is 0 Å². The Morgan fingerprint density at radius 2 is 2.21 bits per heavy atom. The van der Waals surface area contributed by atoms with E-state index in [1.807, 2.05) is 0 Å². The summed E-state index contributed by atoms with van der Waals surface area (Å²) in [5.41, 5.74) is 5.58. The minimum absolute atomic E-state index is 0.0112. The van der Waals surface area contributed by atoms with Crippen LogP contribution in [0.4, 0.5) is 10.1 Å². The quantitative estimate of drug-likeness (QED) is 0.675. The van der Waals surface area contributed by atoms with Crippen molar-refractivity contribution >= 4 is 11.7 Å². The Kier molecular flexibility index (Phi) is 3.37. The number of rotatable bonds is 3. The predicted octanol–water partition coefficient (Wildman–Crippen LogP) is 1.72. The molecule has 2 N–H and O–H groups in total. The van der Waals surface area contributed by atoms with Gasteiger partial charge in [-0.3, -0.25) is 4.68 Å². The Labute approximate surface area is 108 Å². The second-order valence-electron chi connectivity index (χ2n) is 3.81. The number of esters is 1. The van der Waals surface area contributed by atoms with Gasteiger partial charge in [-0.15, -0.1) is 0 Å². The summed E-state index contributed by atoms with van der Waals surface area (Å²) in [6.07, 6.45) is 2.99. The zero-order chi connectivity index (χ0) is 14.0. The van der Waals surface area contributed by atoms with E-state index in [9.17, 15) is 9.18 Å². The third-order valence-corrected chi connectivity index (χ3v) is 2.42.